The summed E-state index contributed by atoms with van der Waals surface area (Å²) in [4.78, 5) is 18.7. The molecule has 0 spiro atoms. The number of carbonyl (C=O) groups is 1. The Morgan fingerprint density at radius 3 is 2.63 bits per heavy atom. The van der Waals surface area contributed by atoms with Crippen molar-refractivity contribution in [3.63, 3.8) is 0 Å². The van der Waals surface area contributed by atoms with Gasteiger partial charge >= 0.3 is 0 Å². The minimum Gasteiger partial charge on any atom is -0.508 e. The lowest BCUT2D eigenvalue weighted by molar-refractivity contribution is -0.130. The zero-order chi connectivity index (χ0) is 25.4. The van der Waals surface area contributed by atoms with Crippen molar-refractivity contribution in [3.8, 4) is 5.75 Å². The number of phenolic OH excluding ortho intramolecular Hbond substituents is 1. The smallest absolute Gasteiger partial charge is 0.227 e. The topological polar surface area (TPSA) is 112 Å². The number of aliphatic hydroxyl groups excluding tert-OH is 1. The van der Waals surface area contributed by atoms with Gasteiger partial charge in [0.25, 0.3) is 0 Å². The van der Waals surface area contributed by atoms with Gasteiger partial charge in [-0.15, -0.1) is 0 Å². The monoisotopic (exact) mass is 496 g/mol. The van der Waals surface area contributed by atoms with Crippen LogP contribution in [0.25, 0.3) is 0 Å². The molecule has 3 aromatic rings. The van der Waals surface area contributed by atoms with Crippen LogP contribution < -0.4 is 11.1 Å². The maximum absolute atomic E-state index is 13.0. The van der Waals surface area contributed by atoms with Gasteiger partial charge in [0.2, 0.25) is 5.91 Å². The summed E-state index contributed by atoms with van der Waals surface area (Å²) < 4.78 is 0. The van der Waals surface area contributed by atoms with Crippen molar-refractivity contribution in [2.75, 3.05) is 18.8 Å². The first-order valence-corrected chi connectivity index (χ1v) is 12.1. The third-order valence-corrected chi connectivity index (χ3v) is 6.23. The van der Waals surface area contributed by atoms with E-state index in [9.17, 15) is 15.0 Å². The number of aromatic nitrogens is 1. The highest BCUT2D eigenvalue weighted by atomic mass is 35.5. The number of aromatic hydroxyl groups is 1. The molecule has 0 fully saturated rings. The summed E-state index contributed by atoms with van der Waals surface area (Å²) in [5.41, 5.74) is 9.18. The molecule has 0 saturated heterocycles. The number of pyridine rings is 1. The quantitative estimate of drug-likeness (QED) is 0.320. The number of nitrogens with two attached hydrogens (primary N) is 1. The fourth-order valence-electron chi connectivity index (χ4n) is 3.87. The zero-order valence-corrected chi connectivity index (χ0v) is 20.9. The van der Waals surface area contributed by atoms with Crippen molar-refractivity contribution in [1.29, 1.82) is 0 Å². The number of carbonyl (C=O) groups excluding carboxylic acids is 1. The molecule has 0 saturated carbocycles. The molecule has 0 aliphatic carbocycles. The van der Waals surface area contributed by atoms with Crippen LogP contribution in [0.4, 0.5) is 5.82 Å². The van der Waals surface area contributed by atoms with Crippen LogP contribution in [0, 0.1) is 0 Å². The summed E-state index contributed by atoms with van der Waals surface area (Å²) in [6.45, 7) is 5.34. The minimum absolute atomic E-state index is 0.0141. The Labute approximate surface area is 211 Å². The van der Waals surface area contributed by atoms with E-state index in [1.807, 2.05) is 25.1 Å². The van der Waals surface area contributed by atoms with Gasteiger partial charge in [0.15, 0.2) is 0 Å². The molecule has 2 aromatic carbocycles. The maximum atomic E-state index is 13.0. The van der Waals surface area contributed by atoms with Crippen molar-refractivity contribution >= 4 is 23.3 Å². The predicted octanol–water partition coefficient (Wildman–Crippen LogP) is 3.87. The van der Waals surface area contributed by atoms with Crippen LogP contribution in [-0.2, 0) is 24.2 Å². The third kappa shape index (κ3) is 7.96. The third-order valence-electron chi connectivity index (χ3n) is 5.87. The second-order valence-corrected chi connectivity index (χ2v) is 9.13. The molecule has 1 heterocycles. The molecule has 186 valence electrons. The van der Waals surface area contributed by atoms with Crippen molar-refractivity contribution in [2.45, 2.75) is 45.4 Å². The second-order valence-electron chi connectivity index (χ2n) is 8.73. The van der Waals surface area contributed by atoms with E-state index in [2.05, 4.69) is 23.3 Å². The van der Waals surface area contributed by atoms with Crippen LogP contribution in [0.1, 0.15) is 42.2 Å². The number of phenols is 1. The highest BCUT2D eigenvalue weighted by molar-refractivity contribution is 6.31. The van der Waals surface area contributed by atoms with E-state index in [4.69, 9.17) is 17.3 Å². The SMILES string of the molecule is CCN(Cc1ccc(O)cc1Cl)C(=O)Cc1cccc(C[C@@H](C)NC[C@@H](O)c2ccc(N)nc2)c1. The van der Waals surface area contributed by atoms with Crippen molar-refractivity contribution in [2.24, 2.45) is 0 Å². The van der Waals surface area contributed by atoms with Gasteiger partial charge in [-0.3, -0.25) is 4.79 Å². The van der Waals surface area contributed by atoms with E-state index in [0.29, 0.717) is 42.5 Å². The van der Waals surface area contributed by atoms with Gasteiger partial charge in [-0.1, -0.05) is 48.0 Å². The molecule has 8 heteroatoms. The summed E-state index contributed by atoms with van der Waals surface area (Å²) in [5, 5.41) is 23.7. The number of amides is 1. The molecule has 5 N–H and O–H groups in total. The summed E-state index contributed by atoms with van der Waals surface area (Å²) in [5.74, 6) is 0.539. The van der Waals surface area contributed by atoms with Gasteiger partial charge in [0.05, 0.1) is 12.5 Å². The molecule has 0 bridgehead atoms. The number of rotatable bonds is 11. The van der Waals surface area contributed by atoms with Crippen molar-refractivity contribution in [3.05, 3.63) is 88.1 Å². The average Bonchev–Trinajstić information content (AvgIpc) is 2.82. The number of nitrogen functional groups attached to an aromatic ring is 1. The molecule has 35 heavy (non-hydrogen) atoms. The average molecular weight is 497 g/mol. The lowest BCUT2D eigenvalue weighted by Gasteiger charge is -2.22. The largest absolute Gasteiger partial charge is 0.508 e. The first kappa shape index (κ1) is 26.5. The summed E-state index contributed by atoms with van der Waals surface area (Å²) in [6.07, 6.45) is 1.97. The highest BCUT2D eigenvalue weighted by Crippen LogP contribution is 2.23. The molecule has 0 aliphatic heterocycles. The zero-order valence-electron chi connectivity index (χ0n) is 20.1. The fourth-order valence-corrected chi connectivity index (χ4v) is 4.10. The normalized spacial score (nSPS) is 12.8. The Morgan fingerprint density at radius 1 is 1.17 bits per heavy atom. The number of hydrogen-bond acceptors (Lipinski definition) is 6. The van der Waals surface area contributed by atoms with E-state index < -0.39 is 6.10 Å². The number of likely N-dealkylation sites (N-methyl/N-ethyl adjacent to an activating group) is 1. The summed E-state index contributed by atoms with van der Waals surface area (Å²) >= 11 is 6.22. The Kier molecular flexibility index (Phi) is 9.48. The molecular weight excluding hydrogens is 464 g/mol. The molecule has 2 atom stereocenters. The van der Waals surface area contributed by atoms with Gasteiger partial charge < -0.3 is 26.2 Å². The highest BCUT2D eigenvalue weighted by Gasteiger charge is 2.16. The van der Waals surface area contributed by atoms with Gasteiger partial charge in [-0.2, -0.15) is 0 Å². The lowest BCUT2D eigenvalue weighted by atomic mass is 10.0. The number of halogens is 1. The number of anilines is 1. The number of nitrogens with zero attached hydrogens (tertiary/aromatic N) is 2. The number of aliphatic hydroxyl groups is 1. The van der Waals surface area contributed by atoms with E-state index in [-0.39, 0.29) is 17.7 Å². The maximum Gasteiger partial charge on any atom is 0.227 e. The minimum atomic E-state index is -0.670. The van der Waals surface area contributed by atoms with Crippen LogP contribution in [0.15, 0.2) is 60.8 Å². The molecule has 0 radical (unpaired) electrons. The first-order chi connectivity index (χ1) is 16.7. The van der Waals surface area contributed by atoms with Crippen LogP contribution in [0.5, 0.6) is 5.75 Å². The van der Waals surface area contributed by atoms with Gasteiger partial charge in [0, 0.05) is 42.5 Å². The second kappa shape index (κ2) is 12.5. The van der Waals surface area contributed by atoms with E-state index in [0.717, 1.165) is 23.1 Å². The summed E-state index contributed by atoms with van der Waals surface area (Å²) in [6, 6.07) is 16.4. The Morgan fingerprint density at radius 2 is 1.94 bits per heavy atom. The van der Waals surface area contributed by atoms with Crippen LogP contribution >= 0.6 is 11.6 Å². The first-order valence-electron chi connectivity index (χ1n) is 11.7. The Bertz CT molecular complexity index is 1120. The van der Waals surface area contributed by atoms with Gasteiger partial charge in [-0.05, 0) is 55.2 Å². The van der Waals surface area contributed by atoms with Crippen LogP contribution in [-0.4, -0.2) is 45.1 Å². The van der Waals surface area contributed by atoms with E-state index in [1.165, 1.54) is 6.07 Å². The lowest BCUT2D eigenvalue weighted by Crippen LogP contribution is -2.32. The summed E-state index contributed by atoms with van der Waals surface area (Å²) in [7, 11) is 0. The van der Waals surface area contributed by atoms with E-state index in [1.54, 1.807) is 35.4 Å². The standard InChI is InChI=1S/C27H33ClN4O3/c1-3-32(17-22-7-9-23(33)14-24(22)28)27(35)13-20-6-4-5-19(12-20)11-18(2)30-16-25(34)21-8-10-26(29)31-15-21/h4-10,12,14-15,18,25,30,33-34H,3,11,13,16-17H2,1-2H3,(H2,29,31)/t18-,25-/m1/s1. The Hall–Kier alpha value is -3.13. The van der Waals surface area contributed by atoms with Crippen molar-refractivity contribution < 1.29 is 15.0 Å². The molecule has 0 aliphatic rings. The number of benzene rings is 2. The molecular formula is C27H33ClN4O3. The molecule has 7 nitrogen and oxygen atoms in total. The van der Waals surface area contributed by atoms with Gasteiger partial charge in [-0.25, -0.2) is 4.98 Å². The van der Waals surface area contributed by atoms with Crippen molar-refractivity contribution in [1.82, 2.24) is 15.2 Å². The van der Waals surface area contributed by atoms with Gasteiger partial charge in [0.1, 0.15) is 11.6 Å². The molecule has 1 aromatic heterocycles. The Balaban J connectivity index is 1.54. The van der Waals surface area contributed by atoms with Crippen LogP contribution in [0.2, 0.25) is 5.02 Å². The molecule has 0 unspecified atom stereocenters. The fraction of sp³-hybridized carbons (Fsp3) is 0.333. The molecule has 3 rings (SSSR count). The molecule has 1 amide bonds. The van der Waals surface area contributed by atoms with Crippen LogP contribution in [0.3, 0.4) is 0 Å². The number of hydrogen-bond donors (Lipinski definition) is 4. The van der Waals surface area contributed by atoms with E-state index >= 15 is 0 Å². The predicted molar refractivity (Wildman–Crippen MR) is 139 cm³/mol. The number of nitrogens with one attached hydrogen (secondary N) is 1.